The lowest BCUT2D eigenvalue weighted by Crippen LogP contribution is -2.52. The minimum Gasteiger partial charge on any atom is -0.391 e. The molecule has 0 bridgehead atoms. The maximum atomic E-state index is 11.6. The van der Waals surface area contributed by atoms with E-state index in [1.807, 2.05) is 24.3 Å². The molecule has 2 N–H and O–H groups in total. The second-order valence-corrected chi connectivity index (χ2v) is 9.15. The van der Waals surface area contributed by atoms with Crippen LogP contribution in [0.1, 0.15) is 24.8 Å². The van der Waals surface area contributed by atoms with Crippen molar-refractivity contribution in [2.24, 2.45) is 0 Å². The molecule has 1 aliphatic rings. The van der Waals surface area contributed by atoms with Gasteiger partial charge in [-0.25, -0.2) is 0 Å². The third-order valence-corrected chi connectivity index (χ3v) is 6.08. The van der Waals surface area contributed by atoms with Crippen LogP contribution in [0.25, 0.3) is 21.5 Å². The van der Waals surface area contributed by atoms with Crippen LogP contribution in [0, 0.1) is 0 Å². The van der Waals surface area contributed by atoms with E-state index < -0.39 is 28.4 Å². The standard InChI is InChI=1S/C22H25NO4S/c1-28(25,26)27-21-12-6-11-20(24)22(21)23-14-16-13-15-7-2-3-8-17(15)19-10-5-4-9-18(16)19/h2-5,7-10,13,20-24H,6,11-12,14H2,1H3/t20-,21+,22+/m0/s1. The molecule has 1 aliphatic carbocycles. The largest absolute Gasteiger partial charge is 0.391 e. The topological polar surface area (TPSA) is 75.6 Å². The molecule has 1 fully saturated rings. The maximum absolute atomic E-state index is 11.6. The Hall–Kier alpha value is -1.99. The SMILES string of the molecule is CS(=O)(=O)O[C@@H]1CCC[C@H](O)[C@H]1NCc1cc2ccccc2c2ccccc12. The molecule has 0 heterocycles. The van der Waals surface area contributed by atoms with Crippen LogP contribution >= 0.6 is 0 Å². The summed E-state index contributed by atoms with van der Waals surface area (Å²) in [6.45, 7) is 0.525. The van der Waals surface area contributed by atoms with Crippen molar-refractivity contribution in [1.82, 2.24) is 5.32 Å². The number of hydrogen-bond donors (Lipinski definition) is 2. The summed E-state index contributed by atoms with van der Waals surface area (Å²) >= 11 is 0. The number of benzene rings is 3. The zero-order chi connectivity index (χ0) is 19.7. The lowest BCUT2D eigenvalue weighted by atomic mass is 9.89. The first-order chi connectivity index (χ1) is 13.4. The minimum atomic E-state index is -3.58. The first kappa shape index (κ1) is 19.3. The lowest BCUT2D eigenvalue weighted by Gasteiger charge is -2.35. The highest BCUT2D eigenvalue weighted by atomic mass is 32.2. The van der Waals surface area contributed by atoms with Crippen molar-refractivity contribution in [1.29, 1.82) is 0 Å². The first-order valence-electron chi connectivity index (χ1n) is 9.61. The van der Waals surface area contributed by atoms with Gasteiger partial charge in [0.1, 0.15) is 0 Å². The number of aliphatic hydroxyl groups is 1. The van der Waals surface area contributed by atoms with Crippen molar-refractivity contribution >= 4 is 31.7 Å². The molecule has 3 aromatic rings. The van der Waals surface area contributed by atoms with Crippen LogP contribution in [0.2, 0.25) is 0 Å². The van der Waals surface area contributed by atoms with E-state index in [0.717, 1.165) is 29.0 Å². The summed E-state index contributed by atoms with van der Waals surface area (Å²) in [7, 11) is -3.58. The molecule has 0 saturated heterocycles. The third-order valence-electron chi connectivity index (χ3n) is 5.48. The highest BCUT2D eigenvalue weighted by Gasteiger charge is 2.34. The number of nitrogens with one attached hydrogen (secondary N) is 1. The second kappa shape index (κ2) is 7.79. The van der Waals surface area contributed by atoms with Gasteiger partial charge in [-0.1, -0.05) is 48.5 Å². The number of hydrogen-bond acceptors (Lipinski definition) is 5. The molecule has 6 heteroatoms. The Balaban J connectivity index is 1.65. The van der Waals surface area contributed by atoms with Gasteiger partial charge in [0.25, 0.3) is 10.1 Å². The van der Waals surface area contributed by atoms with Crippen LogP contribution in [0.15, 0.2) is 54.6 Å². The van der Waals surface area contributed by atoms with Gasteiger partial charge in [0, 0.05) is 6.54 Å². The molecule has 3 atom stereocenters. The van der Waals surface area contributed by atoms with Crippen molar-refractivity contribution in [3.63, 3.8) is 0 Å². The predicted octanol–water partition coefficient (Wildman–Crippen LogP) is 3.34. The molecule has 0 radical (unpaired) electrons. The van der Waals surface area contributed by atoms with Crippen molar-refractivity contribution in [3.8, 4) is 0 Å². The second-order valence-electron chi connectivity index (χ2n) is 7.55. The lowest BCUT2D eigenvalue weighted by molar-refractivity contribution is 0.0166. The van der Waals surface area contributed by atoms with E-state index in [-0.39, 0.29) is 0 Å². The number of aliphatic hydroxyl groups excluding tert-OH is 1. The average molecular weight is 400 g/mol. The highest BCUT2D eigenvalue weighted by Crippen LogP contribution is 2.29. The zero-order valence-corrected chi connectivity index (χ0v) is 16.7. The maximum Gasteiger partial charge on any atom is 0.264 e. The van der Waals surface area contributed by atoms with Crippen LogP contribution in [-0.2, 0) is 20.8 Å². The van der Waals surface area contributed by atoms with E-state index in [1.165, 1.54) is 10.8 Å². The molecule has 28 heavy (non-hydrogen) atoms. The fraction of sp³-hybridized carbons (Fsp3) is 0.364. The fourth-order valence-corrected chi connectivity index (χ4v) is 4.91. The van der Waals surface area contributed by atoms with Crippen LogP contribution in [0.5, 0.6) is 0 Å². The molecule has 148 valence electrons. The Morgan fingerprint density at radius 3 is 2.46 bits per heavy atom. The summed E-state index contributed by atoms with van der Waals surface area (Å²) in [5, 5.41) is 18.5. The van der Waals surface area contributed by atoms with Gasteiger partial charge in [-0.3, -0.25) is 4.18 Å². The Kier molecular flexibility index (Phi) is 5.38. The van der Waals surface area contributed by atoms with E-state index in [0.29, 0.717) is 19.4 Å². The molecule has 4 rings (SSSR count). The third kappa shape index (κ3) is 4.05. The smallest absolute Gasteiger partial charge is 0.264 e. The normalized spacial score (nSPS) is 23.3. The summed E-state index contributed by atoms with van der Waals surface area (Å²) in [5.74, 6) is 0. The molecule has 0 unspecified atom stereocenters. The van der Waals surface area contributed by atoms with Gasteiger partial charge in [-0.15, -0.1) is 0 Å². The highest BCUT2D eigenvalue weighted by molar-refractivity contribution is 7.86. The van der Waals surface area contributed by atoms with E-state index in [4.69, 9.17) is 4.18 Å². The van der Waals surface area contributed by atoms with E-state index >= 15 is 0 Å². The molecular weight excluding hydrogens is 374 g/mol. The molecule has 3 aromatic carbocycles. The minimum absolute atomic E-state index is 0.422. The van der Waals surface area contributed by atoms with Gasteiger partial charge in [0.15, 0.2) is 0 Å². The number of rotatable bonds is 5. The summed E-state index contributed by atoms with van der Waals surface area (Å²) in [6, 6.07) is 18.3. The van der Waals surface area contributed by atoms with Crippen LogP contribution in [-0.4, -0.2) is 38.0 Å². The summed E-state index contributed by atoms with van der Waals surface area (Å²) < 4.78 is 28.5. The first-order valence-corrected chi connectivity index (χ1v) is 11.4. The fourth-order valence-electron chi connectivity index (χ4n) is 4.24. The van der Waals surface area contributed by atoms with E-state index in [2.05, 4.69) is 35.6 Å². The molecule has 0 aromatic heterocycles. The average Bonchev–Trinajstić information content (AvgIpc) is 2.66. The monoisotopic (exact) mass is 399 g/mol. The van der Waals surface area contributed by atoms with E-state index in [1.54, 1.807) is 0 Å². The van der Waals surface area contributed by atoms with Crippen LogP contribution in [0.3, 0.4) is 0 Å². The Labute approximate surface area is 165 Å². The van der Waals surface area contributed by atoms with Gasteiger partial charge in [0.2, 0.25) is 0 Å². The summed E-state index contributed by atoms with van der Waals surface area (Å²) in [5.41, 5.74) is 1.12. The zero-order valence-electron chi connectivity index (χ0n) is 15.8. The van der Waals surface area contributed by atoms with Gasteiger partial charge in [-0.2, -0.15) is 8.42 Å². The Morgan fingerprint density at radius 1 is 1.04 bits per heavy atom. The summed E-state index contributed by atoms with van der Waals surface area (Å²) in [4.78, 5) is 0. The van der Waals surface area contributed by atoms with Crippen molar-refractivity contribution in [2.45, 2.75) is 44.1 Å². The molecule has 1 saturated carbocycles. The quantitative estimate of drug-likeness (QED) is 0.508. The molecular formula is C22H25NO4S. The van der Waals surface area contributed by atoms with Crippen molar-refractivity contribution < 1.29 is 17.7 Å². The molecule has 0 aliphatic heterocycles. The Bertz CT molecular complexity index is 1100. The summed E-state index contributed by atoms with van der Waals surface area (Å²) in [6.07, 6.45) is 1.87. The van der Waals surface area contributed by atoms with Gasteiger partial charge in [-0.05, 0) is 52.4 Å². The van der Waals surface area contributed by atoms with Gasteiger partial charge < -0.3 is 10.4 Å². The molecule has 5 nitrogen and oxygen atoms in total. The van der Waals surface area contributed by atoms with Gasteiger partial charge in [0.05, 0.1) is 24.5 Å². The van der Waals surface area contributed by atoms with Crippen molar-refractivity contribution in [3.05, 3.63) is 60.2 Å². The van der Waals surface area contributed by atoms with Gasteiger partial charge >= 0.3 is 0 Å². The Morgan fingerprint density at radius 2 is 1.71 bits per heavy atom. The van der Waals surface area contributed by atoms with E-state index in [9.17, 15) is 13.5 Å². The van der Waals surface area contributed by atoms with Crippen LogP contribution < -0.4 is 5.32 Å². The molecule has 0 amide bonds. The molecule has 0 spiro atoms. The number of fused-ring (bicyclic) bond motifs is 3. The predicted molar refractivity (Wildman–Crippen MR) is 112 cm³/mol. The van der Waals surface area contributed by atoms with Crippen LogP contribution in [0.4, 0.5) is 0 Å². The van der Waals surface area contributed by atoms with Crippen molar-refractivity contribution in [2.75, 3.05) is 6.26 Å².